The van der Waals surface area contributed by atoms with E-state index in [1.807, 2.05) is 0 Å². The summed E-state index contributed by atoms with van der Waals surface area (Å²) >= 11 is 0. The first-order chi connectivity index (χ1) is 4.68. The van der Waals surface area contributed by atoms with Gasteiger partial charge in [0, 0.05) is 18.7 Å². The van der Waals surface area contributed by atoms with Crippen molar-refractivity contribution in [3.63, 3.8) is 0 Å². The van der Waals surface area contributed by atoms with Gasteiger partial charge >= 0.3 is 0 Å². The summed E-state index contributed by atoms with van der Waals surface area (Å²) in [7, 11) is 1.77. The Balaban J connectivity index is 2.23. The molecular weight excluding hydrogens is 126 g/mol. The van der Waals surface area contributed by atoms with Gasteiger partial charge in [-0.15, -0.1) is 0 Å². The molecule has 1 saturated carbocycles. The number of nitrogens with one attached hydrogen (secondary N) is 1. The van der Waals surface area contributed by atoms with Gasteiger partial charge < -0.3 is 10.1 Å². The van der Waals surface area contributed by atoms with Crippen molar-refractivity contribution in [2.75, 3.05) is 13.7 Å². The van der Waals surface area contributed by atoms with Crippen LogP contribution in [0.15, 0.2) is 0 Å². The minimum absolute atomic E-state index is 0.350. The van der Waals surface area contributed by atoms with Crippen molar-refractivity contribution in [2.24, 2.45) is 0 Å². The molecule has 0 aromatic rings. The average Bonchev–Trinajstić information content (AvgIpc) is 2.47. The van der Waals surface area contributed by atoms with Crippen molar-refractivity contribution in [3.05, 3.63) is 0 Å². The Morgan fingerprint density at radius 1 is 1.50 bits per heavy atom. The summed E-state index contributed by atoms with van der Waals surface area (Å²) < 4.78 is 5.11. The Kier molecular flexibility index (Phi) is 2.32. The lowest BCUT2D eigenvalue weighted by Crippen LogP contribution is -2.40. The highest BCUT2D eigenvalue weighted by Crippen LogP contribution is 2.35. The van der Waals surface area contributed by atoms with E-state index in [-0.39, 0.29) is 0 Å². The SMILES string of the molecule is COCC1(NC(C)C)CC1. The molecule has 0 atom stereocenters. The van der Waals surface area contributed by atoms with Crippen LogP contribution in [0, 0.1) is 0 Å². The molecule has 0 aromatic heterocycles. The lowest BCUT2D eigenvalue weighted by molar-refractivity contribution is 0.153. The van der Waals surface area contributed by atoms with Gasteiger partial charge in [-0.05, 0) is 12.8 Å². The molecule has 0 unspecified atom stereocenters. The van der Waals surface area contributed by atoms with Crippen LogP contribution in [-0.2, 0) is 4.74 Å². The number of methoxy groups -OCH3 is 1. The van der Waals surface area contributed by atoms with Gasteiger partial charge in [-0.1, -0.05) is 13.8 Å². The van der Waals surface area contributed by atoms with Gasteiger partial charge in [0.2, 0.25) is 0 Å². The Bertz CT molecular complexity index is 108. The summed E-state index contributed by atoms with van der Waals surface area (Å²) in [5.41, 5.74) is 0.350. The smallest absolute Gasteiger partial charge is 0.0644 e. The Hall–Kier alpha value is -0.0800. The third kappa shape index (κ3) is 1.96. The van der Waals surface area contributed by atoms with Gasteiger partial charge in [-0.3, -0.25) is 0 Å². The van der Waals surface area contributed by atoms with Crippen molar-refractivity contribution in [3.8, 4) is 0 Å². The molecule has 1 aliphatic carbocycles. The molecule has 0 saturated heterocycles. The van der Waals surface area contributed by atoms with E-state index < -0.39 is 0 Å². The van der Waals surface area contributed by atoms with E-state index in [9.17, 15) is 0 Å². The van der Waals surface area contributed by atoms with Crippen LogP contribution < -0.4 is 5.32 Å². The van der Waals surface area contributed by atoms with E-state index in [1.165, 1.54) is 12.8 Å². The van der Waals surface area contributed by atoms with Gasteiger partial charge in [-0.2, -0.15) is 0 Å². The van der Waals surface area contributed by atoms with Crippen LogP contribution in [0.1, 0.15) is 26.7 Å². The molecular formula is C8H17NO. The fraction of sp³-hybridized carbons (Fsp3) is 1.00. The van der Waals surface area contributed by atoms with Gasteiger partial charge in [0.05, 0.1) is 6.61 Å². The molecule has 2 heteroatoms. The van der Waals surface area contributed by atoms with E-state index in [0.29, 0.717) is 11.6 Å². The van der Waals surface area contributed by atoms with Gasteiger partial charge in [0.1, 0.15) is 0 Å². The molecule has 60 valence electrons. The summed E-state index contributed by atoms with van der Waals surface area (Å²) in [4.78, 5) is 0. The monoisotopic (exact) mass is 143 g/mol. The summed E-state index contributed by atoms with van der Waals surface area (Å²) in [6.07, 6.45) is 2.55. The minimum atomic E-state index is 0.350. The first kappa shape index (κ1) is 8.02. The summed E-state index contributed by atoms with van der Waals surface area (Å²) in [5, 5.41) is 3.51. The fourth-order valence-electron chi connectivity index (χ4n) is 1.37. The summed E-state index contributed by atoms with van der Waals surface area (Å²) in [5.74, 6) is 0. The lowest BCUT2D eigenvalue weighted by Gasteiger charge is -2.18. The average molecular weight is 143 g/mol. The summed E-state index contributed by atoms with van der Waals surface area (Å²) in [6, 6.07) is 0.581. The van der Waals surface area contributed by atoms with Crippen LogP contribution in [0.3, 0.4) is 0 Å². The molecule has 1 rings (SSSR count). The van der Waals surface area contributed by atoms with E-state index in [4.69, 9.17) is 4.74 Å². The lowest BCUT2D eigenvalue weighted by atomic mass is 10.2. The van der Waals surface area contributed by atoms with E-state index in [0.717, 1.165) is 6.61 Å². The second kappa shape index (κ2) is 2.89. The number of rotatable bonds is 4. The Morgan fingerprint density at radius 3 is 2.40 bits per heavy atom. The third-order valence-electron chi connectivity index (χ3n) is 1.87. The third-order valence-corrected chi connectivity index (χ3v) is 1.87. The molecule has 0 radical (unpaired) electrons. The molecule has 0 bridgehead atoms. The summed E-state index contributed by atoms with van der Waals surface area (Å²) in [6.45, 7) is 5.22. The maximum atomic E-state index is 5.11. The largest absolute Gasteiger partial charge is 0.383 e. The molecule has 2 nitrogen and oxygen atoms in total. The zero-order valence-corrected chi connectivity index (χ0v) is 7.11. The molecule has 10 heavy (non-hydrogen) atoms. The highest BCUT2D eigenvalue weighted by atomic mass is 16.5. The van der Waals surface area contributed by atoms with Crippen molar-refractivity contribution < 1.29 is 4.74 Å². The predicted molar refractivity (Wildman–Crippen MR) is 42.1 cm³/mol. The van der Waals surface area contributed by atoms with Gasteiger partial charge in [-0.25, -0.2) is 0 Å². The molecule has 0 spiro atoms. The first-order valence-corrected chi connectivity index (χ1v) is 3.95. The topological polar surface area (TPSA) is 21.3 Å². The fourth-order valence-corrected chi connectivity index (χ4v) is 1.37. The zero-order valence-electron chi connectivity index (χ0n) is 7.11. The normalized spacial score (nSPS) is 21.6. The van der Waals surface area contributed by atoms with Crippen LogP contribution in [-0.4, -0.2) is 25.3 Å². The quantitative estimate of drug-likeness (QED) is 0.637. The van der Waals surface area contributed by atoms with Crippen molar-refractivity contribution in [2.45, 2.75) is 38.3 Å². The second-order valence-corrected chi connectivity index (χ2v) is 3.51. The van der Waals surface area contributed by atoms with Crippen LogP contribution in [0.5, 0.6) is 0 Å². The second-order valence-electron chi connectivity index (χ2n) is 3.51. The number of ether oxygens (including phenoxy) is 1. The molecule has 0 amide bonds. The van der Waals surface area contributed by atoms with Crippen molar-refractivity contribution >= 4 is 0 Å². The highest BCUT2D eigenvalue weighted by molar-refractivity contribution is 5.02. The molecule has 0 aromatic carbocycles. The minimum Gasteiger partial charge on any atom is -0.383 e. The molecule has 0 aliphatic heterocycles. The molecule has 0 heterocycles. The number of hydrogen-bond donors (Lipinski definition) is 1. The van der Waals surface area contributed by atoms with Crippen LogP contribution in [0.4, 0.5) is 0 Å². The van der Waals surface area contributed by atoms with E-state index in [2.05, 4.69) is 19.2 Å². The van der Waals surface area contributed by atoms with E-state index >= 15 is 0 Å². The highest BCUT2D eigenvalue weighted by Gasteiger charge is 2.42. The first-order valence-electron chi connectivity index (χ1n) is 3.95. The molecule has 1 fully saturated rings. The standard InChI is InChI=1S/C8H17NO/c1-7(2)9-8(4-5-8)6-10-3/h7,9H,4-6H2,1-3H3. The van der Waals surface area contributed by atoms with Gasteiger partial charge in [0.15, 0.2) is 0 Å². The molecule has 1 N–H and O–H groups in total. The van der Waals surface area contributed by atoms with Crippen LogP contribution >= 0.6 is 0 Å². The maximum absolute atomic E-state index is 5.11. The molecule has 1 aliphatic rings. The predicted octanol–water partition coefficient (Wildman–Crippen LogP) is 1.16. The number of hydrogen-bond acceptors (Lipinski definition) is 2. The Labute approximate surface area is 63.0 Å². The van der Waals surface area contributed by atoms with Crippen LogP contribution in [0.25, 0.3) is 0 Å². The van der Waals surface area contributed by atoms with Crippen LogP contribution in [0.2, 0.25) is 0 Å². The zero-order chi connectivity index (χ0) is 7.61. The Morgan fingerprint density at radius 2 is 2.10 bits per heavy atom. The van der Waals surface area contributed by atoms with Crippen molar-refractivity contribution in [1.82, 2.24) is 5.32 Å². The van der Waals surface area contributed by atoms with E-state index in [1.54, 1.807) is 7.11 Å². The van der Waals surface area contributed by atoms with Gasteiger partial charge in [0.25, 0.3) is 0 Å². The van der Waals surface area contributed by atoms with Crippen molar-refractivity contribution in [1.29, 1.82) is 0 Å². The maximum Gasteiger partial charge on any atom is 0.0644 e.